The molecular weight excluding hydrogens is 252 g/mol. The van der Waals surface area contributed by atoms with Gasteiger partial charge in [-0.15, -0.1) is 0 Å². The van der Waals surface area contributed by atoms with Gasteiger partial charge in [-0.1, -0.05) is 6.92 Å². The van der Waals surface area contributed by atoms with Crippen molar-refractivity contribution in [2.45, 2.75) is 26.2 Å². The van der Waals surface area contributed by atoms with E-state index in [1.165, 1.54) is 0 Å². The highest BCUT2D eigenvalue weighted by Crippen LogP contribution is 2.12. The molecule has 0 heterocycles. The molecule has 0 spiro atoms. The van der Waals surface area contributed by atoms with Crippen LogP contribution in [-0.4, -0.2) is 58.9 Å². The standard InChI is InChI=1S/C14H36N6/c1-14(11-18-8-2-5-15,12-19-9-3-6-16)13-20-10-4-7-17/h18-20H,2-13,15-17H2,1H3. The molecule has 0 aliphatic rings. The number of hydrogen-bond donors (Lipinski definition) is 6. The summed E-state index contributed by atoms with van der Waals surface area (Å²) in [5, 5.41) is 10.5. The Morgan fingerprint density at radius 1 is 0.650 bits per heavy atom. The summed E-state index contributed by atoms with van der Waals surface area (Å²) in [5.41, 5.74) is 16.7. The molecule has 6 nitrogen and oxygen atoms in total. The molecule has 0 aromatic rings. The molecule has 122 valence electrons. The summed E-state index contributed by atoms with van der Waals surface area (Å²) in [7, 11) is 0. The maximum Gasteiger partial charge on any atom is 0.00489 e. The predicted octanol–water partition coefficient (Wildman–Crippen LogP) is -1.19. The average molecular weight is 288 g/mol. The second-order valence-electron chi connectivity index (χ2n) is 5.77. The van der Waals surface area contributed by atoms with Crippen LogP contribution in [0.5, 0.6) is 0 Å². The summed E-state index contributed by atoms with van der Waals surface area (Å²) in [6.07, 6.45) is 3.08. The zero-order chi connectivity index (χ0) is 15.1. The van der Waals surface area contributed by atoms with Crippen molar-refractivity contribution >= 4 is 0 Å². The molecule has 0 atom stereocenters. The Morgan fingerprint density at radius 3 is 1.20 bits per heavy atom. The van der Waals surface area contributed by atoms with E-state index in [0.29, 0.717) is 0 Å². The molecule has 0 aliphatic heterocycles. The fourth-order valence-corrected chi connectivity index (χ4v) is 2.04. The van der Waals surface area contributed by atoms with Crippen LogP contribution < -0.4 is 33.2 Å². The minimum absolute atomic E-state index is 0.192. The summed E-state index contributed by atoms with van der Waals surface area (Å²) < 4.78 is 0. The third-order valence-corrected chi connectivity index (χ3v) is 3.33. The van der Waals surface area contributed by atoms with E-state index in [4.69, 9.17) is 17.2 Å². The molecule has 0 saturated carbocycles. The van der Waals surface area contributed by atoms with Crippen LogP contribution in [-0.2, 0) is 0 Å². The molecule has 6 heteroatoms. The molecule has 0 radical (unpaired) electrons. The van der Waals surface area contributed by atoms with Crippen molar-refractivity contribution in [2.75, 3.05) is 58.9 Å². The minimum Gasteiger partial charge on any atom is -0.330 e. The first kappa shape index (κ1) is 19.8. The maximum atomic E-state index is 5.52. The first-order valence-electron chi connectivity index (χ1n) is 7.91. The third-order valence-electron chi connectivity index (χ3n) is 3.33. The fourth-order valence-electron chi connectivity index (χ4n) is 2.04. The zero-order valence-electron chi connectivity index (χ0n) is 13.2. The van der Waals surface area contributed by atoms with E-state index in [0.717, 1.165) is 78.2 Å². The molecule has 0 rings (SSSR count). The Bertz CT molecular complexity index is 169. The Balaban J connectivity index is 3.98. The molecule has 0 fully saturated rings. The molecule has 0 aromatic carbocycles. The highest BCUT2D eigenvalue weighted by molar-refractivity contribution is 4.82. The quantitative estimate of drug-likeness (QED) is 0.211. The molecule has 0 aliphatic carbocycles. The first-order valence-corrected chi connectivity index (χ1v) is 7.91. The number of nitrogens with two attached hydrogens (primary N) is 3. The van der Waals surface area contributed by atoms with Crippen molar-refractivity contribution in [2.24, 2.45) is 22.6 Å². The van der Waals surface area contributed by atoms with Crippen LogP contribution in [0.1, 0.15) is 26.2 Å². The van der Waals surface area contributed by atoms with Crippen LogP contribution in [0.15, 0.2) is 0 Å². The summed E-state index contributed by atoms with van der Waals surface area (Å²) >= 11 is 0. The highest BCUT2D eigenvalue weighted by Gasteiger charge is 2.22. The summed E-state index contributed by atoms with van der Waals surface area (Å²) in [6, 6.07) is 0. The monoisotopic (exact) mass is 288 g/mol. The van der Waals surface area contributed by atoms with Crippen LogP contribution in [0.4, 0.5) is 0 Å². The third kappa shape index (κ3) is 11.6. The Morgan fingerprint density at radius 2 is 0.950 bits per heavy atom. The normalized spacial score (nSPS) is 12.0. The molecule has 0 aromatic heterocycles. The van der Waals surface area contributed by atoms with Gasteiger partial charge >= 0.3 is 0 Å². The van der Waals surface area contributed by atoms with Gasteiger partial charge < -0.3 is 33.2 Å². The van der Waals surface area contributed by atoms with Crippen LogP contribution >= 0.6 is 0 Å². The van der Waals surface area contributed by atoms with E-state index in [1.54, 1.807) is 0 Å². The van der Waals surface area contributed by atoms with Gasteiger partial charge in [0, 0.05) is 25.0 Å². The van der Waals surface area contributed by atoms with Gasteiger partial charge in [-0.25, -0.2) is 0 Å². The van der Waals surface area contributed by atoms with Gasteiger partial charge in [0.05, 0.1) is 0 Å². The van der Waals surface area contributed by atoms with Crippen molar-refractivity contribution in [1.82, 2.24) is 16.0 Å². The van der Waals surface area contributed by atoms with Gasteiger partial charge in [-0.2, -0.15) is 0 Å². The van der Waals surface area contributed by atoms with Gasteiger partial charge in [0.25, 0.3) is 0 Å². The predicted molar refractivity (Wildman–Crippen MR) is 87.7 cm³/mol. The van der Waals surface area contributed by atoms with E-state index in [9.17, 15) is 0 Å². The van der Waals surface area contributed by atoms with Crippen LogP contribution in [0.2, 0.25) is 0 Å². The lowest BCUT2D eigenvalue weighted by atomic mass is 9.90. The van der Waals surface area contributed by atoms with Gasteiger partial charge in [0.15, 0.2) is 0 Å². The summed E-state index contributed by atoms with van der Waals surface area (Å²) in [5.74, 6) is 0. The molecule has 20 heavy (non-hydrogen) atoms. The molecule has 0 saturated heterocycles. The Kier molecular flexibility index (Phi) is 13.6. The zero-order valence-corrected chi connectivity index (χ0v) is 13.2. The smallest absolute Gasteiger partial charge is 0.00489 e. The second-order valence-corrected chi connectivity index (χ2v) is 5.77. The van der Waals surface area contributed by atoms with E-state index in [1.807, 2.05) is 0 Å². The van der Waals surface area contributed by atoms with Crippen LogP contribution in [0.3, 0.4) is 0 Å². The molecule has 0 unspecified atom stereocenters. The van der Waals surface area contributed by atoms with E-state index >= 15 is 0 Å². The number of rotatable bonds is 15. The first-order chi connectivity index (χ1) is 9.68. The lowest BCUT2D eigenvalue weighted by Crippen LogP contribution is -2.47. The second kappa shape index (κ2) is 13.7. The van der Waals surface area contributed by atoms with Crippen LogP contribution in [0, 0.1) is 5.41 Å². The molecule has 0 amide bonds. The SMILES string of the molecule is CC(CNCCCN)(CNCCCN)CNCCCN. The largest absolute Gasteiger partial charge is 0.330 e. The summed E-state index contributed by atoms with van der Waals surface area (Å²) in [6.45, 7) is 10.4. The van der Waals surface area contributed by atoms with Gasteiger partial charge in [0.1, 0.15) is 0 Å². The summed E-state index contributed by atoms with van der Waals surface area (Å²) in [4.78, 5) is 0. The minimum atomic E-state index is 0.192. The van der Waals surface area contributed by atoms with Crippen LogP contribution in [0.25, 0.3) is 0 Å². The number of nitrogens with one attached hydrogen (secondary N) is 3. The highest BCUT2D eigenvalue weighted by atomic mass is 15.0. The lowest BCUT2D eigenvalue weighted by Gasteiger charge is -2.31. The molecule has 9 N–H and O–H groups in total. The van der Waals surface area contributed by atoms with Crippen molar-refractivity contribution in [3.8, 4) is 0 Å². The molecular formula is C14H36N6. The van der Waals surface area contributed by atoms with E-state index in [2.05, 4.69) is 22.9 Å². The van der Waals surface area contributed by atoms with Gasteiger partial charge in [-0.3, -0.25) is 0 Å². The number of hydrogen-bond acceptors (Lipinski definition) is 6. The van der Waals surface area contributed by atoms with Crippen molar-refractivity contribution in [3.63, 3.8) is 0 Å². The lowest BCUT2D eigenvalue weighted by molar-refractivity contribution is 0.274. The Hall–Kier alpha value is -0.240. The van der Waals surface area contributed by atoms with Crippen molar-refractivity contribution < 1.29 is 0 Å². The van der Waals surface area contributed by atoms with E-state index < -0.39 is 0 Å². The Labute approximate surface area is 124 Å². The topological polar surface area (TPSA) is 114 Å². The van der Waals surface area contributed by atoms with Crippen molar-refractivity contribution in [3.05, 3.63) is 0 Å². The van der Waals surface area contributed by atoms with Gasteiger partial charge in [0.2, 0.25) is 0 Å². The molecule has 0 bridgehead atoms. The van der Waals surface area contributed by atoms with Gasteiger partial charge in [-0.05, 0) is 58.5 Å². The van der Waals surface area contributed by atoms with E-state index in [-0.39, 0.29) is 5.41 Å². The fraction of sp³-hybridized carbons (Fsp3) is 1.00. The maximum absolute atomic E-state index is 5.52. The average Bonchev–Trinajstić information content (AvgIpc) is 2.45. The van der Waals surface area contributed by atoms with Crippen molar-refractivity contribution in [1.29, 1.82) is 0 Å².